The Morgan fingerprint density at radius 2 is 2.22 bits per heavy atom. The van der Waals surface area contributed by atoms with Gasteiger partial charge in [0.05, 0.1) is 10.7 Å². The third kappa shape index (κ3) is 2.28. The molecule has 1 heterocycles. The van der Waals surface area contributed by atoms with Crippen LogP contribution in [0.3, 0.4) is 0 Å². The van der Waals surface area contributed by atoms with E-state index in [0.29, 0.717) is 12.5 Å². The molecule has 7 heteroatoms. The lowest BCUT2D eigenvalue weighted by atomic mass is 10.2. The molecule has 0 saturated carbocycles. The van der Waals surface area contributed by atoms with Gasteiger partial charge in [0.1, 0.15) is 17.7 Å². The molecule has 1 aliphatic heterocycles. The maximum atomic E-state index is 13.6. The highest BCUT2D eigenvalue weighted by atomic mass is 35.5. The van der Waals surface area contributed by atoms with Crippen LogP contribution in [0.25, 0.3) is 0 Å². The van der Waals surface area contributed by atoms with E-state index in [9.17, 15) is 13.6 Å². The number of nitrogens with one attached hydrogen (secondary N) is 1. The Balaban J connectivity index is 2.25. The molecule has 2 rings (SSSR count). The molecular formula is C11H10ClF2N3O. The zero-order valence-electron chi connectivity index (χ0n) is 9.45. The largest absolute Gasteiger partial charge is 0.311 e. The van der Waals surface area contributed by atoms with Crippen molar-refractivity contribution in [1.29, 1.82) is 0 Å². The number of benzene rings is 1. The van der Waals surface area contributed by atoms with Crippen molar-refractivity contribution in [2.75, 3.05) is 11.9 Å². The number of halogens is 3. The Labute approximate surface area is 107 Å². The van der Waals surface area contributed by atoms with E-state index in [4.69, 9.17) is 11.6 Å². The zero-order valence-corrected chi connectivity index (χ0v) is 10.2. The second kappa shape index (κ2) is 4.89. The van der Waals surface area contributed by atoms with Gasteiger partial charge in [-0.2, -0.15) is 5.10 Å². The fourth-order valence-corrected chi connectivity index (χ4v) is 1.79. The second-order valence-electron chi connectivity index (χ2n) is 3.84. The average Bonchev–Trinajstić information content (AvgIpc) is 2.85. The molecule has 1 aromatic carbocycles. The fourth-order valence-electron chi connectivity index (χ4n) is 1.63. The van der Waals surface area contributed by atoms with Gasteiger partial charge in [-0.3, -0.25) is 10.2 Å². The van der Waals surface area contributed by atoms with Gasteiger partial charge in [0, 0.05) is 25.7 Å². The minimum atomic E-state index is -0.860. The monoisotopic (exact) mass is 273 g/mol. The van der Waals surface area contributed by atoms with Crippen LogP contribution >= 0.6 is 11.6 Å². The maximum absolute atomic E-state index is 13.6. The van der Waals surface area contributed by atoms with Gasteiger partial charge >= 0.3 is 0 Å². The number of anilines is 1. The fraction of sp³-hybridized carbons (Fsp3) is 0.273. The number of amides is 1. The summed E-state index contributed by atoms with van der Waals surface area (Å²) >= 11 is 5.57. The Kier molecular flexibility index (Phi) is 3.47. The molecule has 0 spiro atoms. The molecule has 0 saturated heterocycles. The highest BCUT2D eigenvalue weighted by molar-refractivity contribution is 6.31. The number of carbonyl (C=O) groups excluding carboxylic acids is 1. The molecule has 0 fully saturated rings. The van der Waals surface area contributed by atoms with Crippen molar-refractivity contribution in [2.24, 2.45) is 5.10 Å². The Bertz CT molecular complexity index is 513. The summed E-state index contributed by atoms with van der Waals surface area (Å²) < 4.78 is 26.6. The van der Waals surface area contributed by atoms with Crippen LogP contribution in [0.2, 0.25) is 5.02 Å². The lowest BCUT2D eigenvalue weighted by molar-refractivity contribution is -0.120. The minimum Gasteiger partial charge on any atom is -0.311 e. The SMILES string of the molecule is CN(C(=O)C1CC=NN1)c1cc(Cl)c(F)cc1F. The van der Waals surface area contributed by atoms with E-state index in [1.54, 1.807) is 6.21 Å². The van der Waals surface area contributed by atoms with Crippen molar-refractivity contribution in [2.45, 2.75) is 12.5 Å². The van der Waals surface area contributed by atoms with Gasteiger partial charge in [0.25, 0.3) is 5.91 Å². The maximum Gasteiger partial charge on any atom is 0.251 e. The number of nitrogens with zero attached hydrogens (tertiary/aromatic N) is 2. The van der Waals surface area contributed by atoms with E-state index < -0.39 is 17.7 Å². The van der Waals surface area contributed by atoms with Crippen molar-refractivity contribution in [1.82, 2.24) is 5.43 Å². The van der Waals surface area contributed by atoms with E-state index in [-0.39, 0.29) is 16.6 Å². The van der Waals surface area contributed by atoms with Crippen LogP contribution in [0.1, 0.15) is 6.42 Å². The van der Waals surface area contributed by atoms with Crippen molar-refractivity contribution in [3.63, 3.8) is 0 Å². The summed E-state index contributed by atoms with van der Waals surface area (Å²) in [5.74, 6) is -2.07. The number of hydrogen-bond acceptors (Lipinski definition) is 3. The lowest BCUT2D eigenvalue weighted by Gasteiger charge is -2.21. The smallest absolute Gasteiger partial charge is 0.251 e. The van der Waals surface area contributed by atoms with E-state index in [1.807, 2.05) is 0 Å². The molecule has 0 aromatic heterocycles. The van der Waals surface area contributed by atoms with Gasteiger partial charge in [-0.05, 0) is 6.07 Å². The van der Waals surface area contributed by atoms with Gasteiger partial charge in [-0.1, -0.05) is 11.6 Å². The number of hydrogen-bond donors (Lipinski definition) is 1. The molecule has 1 unspecified atom stereocenters. The van der Waals surface area contributed by atoms with Crippen LogP contribution in [0.5, 0.6) is 0 Å². The molecule has 0 bridgehead atoms. The molecule has 1 amide bonds. The topological polar surface area (TPSA) is 44.7 Å². The third-order valence-corrected chi connectivity index (χ3v) is 2.93. The second-order valence-corrected chi connectivity index (χ2v) is 4.25. The Hall–Kier alpha value is -1.69. The summed E-state index contributed by atoms with van der Waals surface area (Å²) in [6.45, 7) is 0. The van der Waals surface area contributed by atoms with Crippen LogP contribution in [-0.4, -0.2) is 25.2 Å². The van der Waals surface area contributed by atoms with Crippen molar-refractivity contribution >= 4 is 29.4 Å². The lowest BCUT2D eigenvalue weighted by Crippen LogP contribution is -2.41. The first-order valence-corrected chi connectivity index (χ1v) is 5.57. The summed E-state index contributed by atoms with van der Waals surface area (Å²) in [5, 5.41) is 3.48. The van der Waals surface area contributed by atoms with Gasteiger partial charge in [0.2, 0.25) is 0 Å². The molecule has 96 valence electrons. The predicted octanol–water partition coefficient (Wildman–Crippen LogP) is 1.93. The number of likely N-dealkylation sites (N-methyl/N-ethyl adjacent to an activating group) is 1. The minimum absolute atomic E-state index is 0.0694. The van der Waals surface area contributed by atoms with Gasteiger partial charge in [-0.15, -0.1) is 0 Å². The average molecular weight is 274 g/mol. The number of rotatable bonds is 2. The third-order valence-electron chi connectivity index (χ3n) is 2.64. The molecule has 1 aromatic rings. The van der Waals surface area contributed by atoms with Crippen LogP contribution in [0.15, 0.2) is 17.2 Å². The number of carbonyl (C=O) groups is 1. The van der Waals surface area contributed by atoms with Crippen LogP contribution in [0.4, 0.5) is 14.5 Å². The molecule has 1 N–H and O–H groups in total. The molecule has 0 aliphatic carbocycles. The number of hydrazone groups is 1. The molecule has 0 radical (unpaired) electrons. The summed E-state index contributed by atoms with van der Waals surface area (Å²) in [7, 11) is 1.40. The summed E-state index contributed by atoms with van der Waals surface area (Å²) in [4.78, 5) is 13.1. The Morgan fingerprint density at radius 1 is 1.50 bits per heavy atom. The zero-order chi connectivity index (χ0) is 13.3. The summed E-state index contributed by atoms with van der Waals surface area (Å²) in [6.07, 6.45) is 1.99. The first-order valence-electron chi connectivity index (χ1n) is 5.20. The quantitative estimate of drug-likeness (QED) is 0.837. The molecule has 18 heavy (non-hydrogen) atoms. The van der Waals surface area contributed by atoms with Crippen molar-refractivity contribution in [3.8, 4) is 0 Å². The first-order chi connectivity index (χ1) is 8.50. The Morgan fingerprint density at radius 3 is 2.83 bits per heavy atom. The molecule has 1 atom stereocenters. The highest BCUT2D eigenvalue weighted by Gasteiger charge is 2.26. The van der Waals surface area contributed by atoms with Gasteiger partial charge < -0.3 is 4.90 Å². The molecular weight excluding hydrogens is 264 g/mol. The van der Waals surface area contributed by atoms with Gasteiger partial charge in [0.15, 0.2) is 0 Å². The predicted molar refractivity (Wildman–Crippen MR) is 64.8 cm³/mol. The molecule has 1 aliphatic rings. The van der Waals surface area contributed by atoms with Crippen LogP contribution in [0, 0.1) is 11.6 Å². The summed E-state index contributed by atoms with van der Waals surface area (Å²) in [5.41, 5.74) is 2.53. The van der Waals surface area contributed by atoms with Crippen LogP contribution in [-0.2, 0) is 4.79 Å². The van der Waals surface area contributed by atoms with E-state index >= 15 is 0 Å². The van der Waals surface area contributed by atoms with Crippen molar-refractivity contribution in [3.05, 3.63) is 28.8 Å². The van der Waals surface area contributed by atoms with Crippen molar-refractivity contribution < 1.29 is 13.6 Å². The summed E-state index contributed by atoms with van der Waals surface area (Å²) in [6, 6.07) is 1.21. The highest BCUT2D eigenvalue weighted by Crippen LogP contribution is 2.26. The van der Waals surface area contributed by atoms with E-state index in [2.05, 4.69) is 10.5 Å². The standard InChI is InChI=1S/C11H10ClF2N3O/c1-17(11(18)9-2-3-15-16-9)10-4-6(12)7(13)5-8(10)14/h3-5,9,16H,2H2,1H3. The van der Waals surface area contributed by atoms with Gasteiger partial charge in [-0.25, -0.2) is 8.78 Å². The first kappa shape index (κ1) is 12.8. The van der Waals surface area contributed by atoms with Crippen LogP contribution < -0.4 is 10.3 Å². The molecule has 4 nitrogen and oxygen atoms in total. The normalized spacial score (nSPS) is 17.7. The van der Waals surface area contributed by atoms with E-state index in [0.717, 1.165) is 11.0 Å². The van der Waals surface area contributed by atoms with E-state index in [1.165, 1.54) is 7.05 Å².